The Kier molecular flexibility index (Phi) is 4.11. The molecule has 0 saturated heterocycles. The Balaban J connectivity index is 0.000000606. The van der Waals surface area contributed by atoms with E-state index in [0.717, 1.165) is 11.3 Å². The molecule has 2 aromatic rings. The molecule has 0 aliphatic carbocycles. The van der Waals surface area contributed by atoms with Gasteiger partial charge in [-0.3, -0.25) is 0 Å². The predicted octanol–water partition coefficient (Wildman–Crippen LogP) is 1.14. The van der Waals surface area contributed by atoms with Crippen LogP contribution < -0.4 is 5.90 Å². The van der Waals surface area contributed by atoms with E-state index in [-0.39, 0.29) is 4.88 Å². The van der Waals surface area contributed by atoms with Gasteiger partial charge in [0.1, 0.15) is 4.88 Å². The number of aromatic carboxylic acids is 1. The molecule has 0 saturated carbocycles. The Hall–Kier alpha value is -1.77. The van der Waals surface area contributed by atoms with Gasteiger partial charge in [-0.25, -0.2) is 10.7 Å². The smallest absolute Gasteiger partial charge is 0.345 e. The topological polar surface area (TPSA) is 122 Å². The second-order valence-electron chi connectivity index (χ2n) is 2.62. The fourth-order valence-corrected chi connectivity index (χ4v) is 1.73. The van der Waals surface area contributed by atoms with Crippen LogP contribution >= 0.6 is 11.3 Å². The van der Waals surface area contributed by atoms with Gasteiger partial charge in [-0.05, 0) is 19.1 Å². The third-order valence-corrected chi connectivity index (χ3v) is 2.62. The van der Waals surface area contributed by atoms with Crippen LogP contribution in [-0.4, -0.2) is 26.4 Å². The van der Waals surface area contributed by atoms with Gasteiger partial charge in [0.25, 0.3) is 5.89 Å². The maximum atomic E-state index is 10.6. The molecule has 0 amide bonds. The van der Waals surface area contributed by atoms with E-state index in [0.29, 0.717) is 16.6 Å². The van der Waals surface area contributed by atoms with Gasteiger partial charge in [0.15, 0.2) is 5.82 Å². The van der Waals surface area contributed by atoms with Crippen LogP contribution in [0.15, 0.2) is 16.7 Å². The Morgan fingerprint density at radius 3 is 2.62 bits per heavy atom. The number of hydrogen-bond acceptors (Lipinski definition) is 7. The number of hydrogen-bond donors (Lipinski definition) is 3. The first kappa shape index (κ1) is 12.3. The van der Waals surface area contributed by atoms with Gasteiger partial charge in [-0.2, -0.15) is 4.98 Å². The van der Waals surface area contributed by atoms with Crippen molar-refractivity contribution in [3.05, 3.63) is 22.8 Å². The molecule has 0 fully saturated rings. The van der Waals surface area contributed by atoms with Crippen molar-refractivity contribution in [3.8, 4) is 10.8 Å². The zero-order valence-electron chi connectivity index (χ0n) is 8.25. The molecule has 0 radical (unpaired) electrons. The highest BCUT2D eigenvalue weighted by atomic mass is 32.1. The first-order chi connectivity index (χ1) is 7.66. The monoisotopic (exact) mass is 243 g/mol. The normalized spacial score (nSPS) is 9.44. The summed E-state index contributed by atoms with van der Waals surface area (Å²) in [4.78, 5) is 15.5. The third-order valence-electron chi connectivity index (χ3n) is 1.56. The summed E-state index contributed by atoms with van der Waals surface area (Å²) >= 11 is 1.11. The fourth-order valence-electron chi connectivity index (χ4n) is 0.965. The minimum absolute atomic E-state index is 0.260. The van der Waals surface area contributed by atoms with E-state index >= 15 is 0 Å². The average molecular weight is 243 g/mol. The van der Waals surface area contributed by atoms with Crippen molar-refractivity contribution in [2.45, 2.75) is 6.92 Å². The van der Waals surface area contributed by atoms with Crippen molar-refractivity contribution < 1.29 is 19.6 Å². The molecule has 0 spiro atoms. The van der Waals surface area contributed by atoms with Crippen molar-refractivity contribution in [2.75, 3.05) is 0 Å². The van der Waals surface area contributed by atoms with Crippen LogP contribution in [0.25, 0.3) is 10.8 Å². The molecule has 0 unspecified atom stereocenters. The Labute approximate surface area is 94.1 Å². The third kappa shape index (κ3) is 2.63. The number of carboxylic acids is 1. The number of aromatic nitrogens is 2. The first-order valence-electron chi connectivity index (χ1n) is 4.06. The van der Waals surface area contributed by atoms with Gasteiger partial charge in [0.2, 0.25) is 0 Å². The Morgan fingerprint density at radius 1 is 1.50 bits per heavy atom. The van der Waals surface area contributed by atoms with Crippen molar-refractivity contribution in [1.29, 1.82) is 0 Å². The Bertz CT molecular complexity index is 479. The fraction of sp³-hybridized carbons (Fsp3) is 0.125. The molecule has 7 nitrogen and oxygen atoms in total. The molecule has 0 atom stereocenters. The number of carboxylic acid groups (broad SMARTS) is 1. The molecule has 2 rings (SSSR count). The summed E-state index contributed by atoms with van der Waals surface area (Å²) in [5.74, 6) is 3.45. The summed E-state index contributed by atoms with van der Waals surface area (Å²) in [6, 6.07) is 3.17. The SMILES string of the molecule is Cc1noc(-c2ccc(C(=O)O)s2)n1.NO. The van der Waals surface area contributed by atoms with E-state index in [1.54, 1.807) is 13.0 Å². The zero-order valence-corrected chi connectivity index (χ0v) is 9.06. The number of rotatable bonds is 2. The summed E-state index contributed by atoms with van der Waals surface area (Å²) < 4.78 is 4.90. The molecule has 0 aliphatic heterocycles. The van der Waals surface area contributed by atoms with E-state index in [9.17, 15) is 4.79 Å². The van der Waals surface area contributed by atoms with Gasteiger partial charge in [0.05, 0.1) is 4.88 Å². The minimum Gasteiger partial charge on any atom is -0.477 e. The van der Waals surface area contributed by atoms with Crippen LogP contribution in [0.5, 0.6) is 0 Å². The number of aryl methyl sites for hydroxylation is 1. The summed E-state index contributed by atoms with van der Waals surface area (Å²) in [6.45, 7) is 1.71. The van der Waals surface area contributed by atoms with Crippen molar-refractivity contribution in [1.82, 2.24) is 10.1 Å². The summed E-state index contributed by atoms with van der Waals surface area (Å²) in [5, 5.41) is 18.8. The van der Waals surface area contributed by atoms with Crippen LogP contribution in [0.2, 0.25) is 0 Å². The zero-order chi connectivity index (χ0) is 12.1. The van der Waals surface area contributed by atoms with Gasteiger partial charge >= 0.3 is 5.97 Å². The minimum atomic E-state index is -0.947. The maximum absolute atomic E-state index is 10.6. The Morgan fingerprint density at radius 2 is 2.19 bits per heavy atom. The van der Waals surface area contributed by atoms with Gasteiger partial charge in [0, 0.05) is 0 Å². The molecule has 2 aromatic heterocycles. The summed E-state index contributed by atoms with van der Waals surface area (Å²) in [6.07, 6.45) is 0. The number of nitrogens with zero attached hydrogens (tertiary/aromatic N) is 2. The molecular formula is C8H9N3O4S. The van der Waals surface area contributed by atoms with E-state index in [1.807, 2.05) is 0 Å². The van der Waals surface area contributed by atoms with Crippen molar-refractivity contribution >= 4 is 17.3 Å². The quantitative estimate of drug-likeness (QED) is 0.676. The van der Waals surface area contributed by atoms with Crippen LogP contribution in [0.3, 0.4) is 0 Å². The van der Waals surface area contributed by atoms with Crippen molar-refractivity contribution in [2.24, 2.45) is 5.90 Å². The maximum Gasteiger partial charge on any atom is 0.345 e. The van der Waals surface area contributed by atoms with E-state index in [2.05, 4.69) is 16.0 Å². The van der Waals surface area contributed by atoms with Crippen LogP contribution in [-0.2, 0) is 0 Å². The average Bonchev–Trinajstić information content (AvgIpc) is 2.88. The second kappa shape index (κ2) is 5.35. The van der Waals surface area contributed by atoms with Crippen LogP contribution in [0.1, 0.15) is 15.5 Å². The molecule has 0 bridgehead atoms. The standard InChI is InChI=1S/C8H6N2O3S.H3NO/c1-4-9-7(13-10-4)5-2-3-6(14-5)8(11)12;1-2/h2-3H,1H3,(H,11,12);2H,1H2. The number of carbonyl (C=O) groups is 1. The van der Waals surface area contributed by atoms with Gasteiger partial charge in [-0.15, -0.1) is 11.3 Å². The van der Waals surface area contributed by atoms with Gasteiger partial charge < -0.3 is 14.8 Å². The predicted molar refractivity (Wildman–Crippen MR) is 55.3 cm³/mol. The summed E-state index contributed by atoms with van der Waals surface area (Å²) in [5.41, 5.74) is 0. The van der Waals surface area contributed by atoms with E-state index in [4.69, 9.17) is 14.8 Å². The van der Waals surface area contributed by atoms with Crippen molar-refractivity contribution in [3.63, 3.8) is 0 Å². The molecule has 4 N–H and O–H groups in total. The number of thiophene rings is 1. The largest absolute Gasteiger partial charge is 0.477 e. The lowest BCUT2D eigenvalue weighted by Crippen LogP contribution is -1.89. The highest BCUT2D eigenvalue weighted by molar-refractivity contribution is 7.17. The molecule has 8 heteroatoms. The van der Waals surface area contributed by atoms with E-state index < -0.39 is 5.97 Å². The second-order valence-corrected chi connectivity index (χ2v) is 3.70. The molecule has 0 aliphatic rings. The van der Waals surface area contributed by atoms with Crippen LogP contribution in [0.4, 0.5) is 0 Å². The highest BCUT2D eigenvalue weighted by Crippen LogP contribution is 2.26. The highest BCUT2D eigenvalue weighted by Gasteiger charge is 2.12. The lowest BCUT2D eigenvalue weighted by atomic mass is 10.4. The lowest BCUT2D eigenvalue weighted by molar-refractivity contribution is 0.0702. The molecule has 2 heterocycles. The molecule has 16 heavy (non-hydrogen) atoms. The molecule has 86 valence electrons. The molecule has 0 aromatic carbocycles. The first-order valence-corrected chi connectivity index (χ1v) is 4.88. The molecular weight excluding hydrogens is 234 g/mol. The van der Waals surface area contributed by atoms with Crippen LogP contribution in [0, 0.1) is 6.92 Å². The lowest BCUT2D eigenvalue weighted by Gasteiger charge is -1.84. The number of nitrogens with two attached hydrogens (primary N) is 1. The summed E-state index contributed by atoms with van der Waals surface area (Å²) in [7, 11) is 0. The van der Waals surface area contributed by atoms with E-state index in [1.165, 1.54) is 6.07 Å². The van der Waals surface area contributed by atoms with Gasteiger partial charge in [-0.1, -0.05) is 5.16 Å².